The molecule has 0 bridgehead atoms. The Hall–Kier alpha value is -4.00. The van der Waals surface area contributed by atoms with Crippen LogP contribution in [0.2, 0.25) is 0 Å². The van der Waals surface area contributed by atoms with Crippen LogP contribution in [0.4, 0.5) is 0 Å². The van der Waals surface area contributed by atoms with Crippen molar-refractivity contribution in [2.75, 3.05) is 13.2 Å². The molecule has 0 saturated carbocycles. The first-order valence-electron chi connectivity index (χ1n) is 13.5. The molecule has 1 unspecified atom stereocenters. The summed E-state index contributed by atoms with van der Waals surface area (Å²) in [7, 11) is 0. The number of carboxylic acids is 1. The largest absolute Gasteiger partial charge is 0.490 e. The molecule has 7 nitrogen and oxygen atoms in total. The van der Waals surface area contributed by atoms with E-state index in [0.717, 1.165) is 16.9 Å². The van der Waals surface area contributed by atoms with E-state index in [1.807, 2.05) is 74.5 Å². The van der Waals surface area contributed by atoms with Gasteiger partial charge in [-0.05, 0) is 79.6 Å². The summed E-state index contributed by atoms with van der Waals surface area (Å²) >= 11 is 0. The number of para-hydroxylation sites is 1. The third-order valence-corrected chi connectivity index (χ3v) is 6.16. The van der Waals surface area contributed by atoms with E-state index in [0.29, 0.717) is 48.2 Å². The van der Waals surface area contributed by atoms with Crippen LogP contribution in [0.3, 0.4) is 0 Å². The molecule has 3 aromatic carbocycles. The standard InChI is InChI=1S/C32H39NO6/c1-5-37-29-16-14-25(20-30(29)38-6-2)28(18-22(3)4)33-32(36)27-19-23(12-13-24(27)15-17-31(34)35)21-39-26-10-8-7-9-11-26/h7-14,16,19-20,22,28H,5-6,15,17-18,21H2,1-4H3,(H,33,36)(H,34,35). The highest BCUT2D eigenvalue weighted by Gasteiger charge is 2.21. The SMILES string of the molecule is CCOc1ccc(C(CC(C)C)NC(=O)c2cc(COc3ccccc3)ccc2CCC(=O)O)cc1OCC. The first kappa shape index (κ1) is 29.6. The van der Waals surface area contributed by atoms with Gasteiger partial charge < -0.3 is 24.6 Å². The van der Waals surface area contributed by atoms with Crippen molar-refractivity contribution in [1.82, 2.24) is 5.32 Å². The third kappa shape index (κ3) is 9.06. The summed E-state index contributed by atoms with van der Waals surface area (Å²) in [5.41, 5.74) is 2.88. The summed E-state index contributed by atoms with van der Waals surface area (Å²) in [6.45, 7) is 9.36. The van der Waals surface area contributed by atoms with Crippen molar-refractivity contribution in [3.63, 3.8) is 0 Å². The van der Waals surface area contributed by atoms with Crippen molar-refractivity contribution >= 4 is 11.9 Å². The van der Waals surface area contributed by atoms with Crippen LogP contribution in [-0.4, -0.2) is 30.2 Å². The van der Waals surface area contributed by atoms with Gasteiger partial charge in [0.05, 0.1) is 19.3 Å². The van der Waals surface area contributed by atoms with E-state index in [9.17, 15) is 14.7 Å². The molecule has 0 aromatic heterocycles. The highest BCUT2D eigenvalue weighted by atomic mass is 16.5. The van der Waals surface area contributed by atoms with E-state index in [1.54, 1.807) is 6.07 Å². The molecule has 3 rings (SSSR count). The van der Waals surface area contributed by atoms with Gasteiger partial charge in [0.15, 0.2) is 11.5 Å². The predicted octanol–water partition coefficient (Wildman–Crippen LogP) is 6.60. The number of amides is 1. The number of nitrogens with one attached hydrogen (secondary N) is 1. The molecule has 0 radical (unpaired) electrons. The molecule has 0 fully saturated rings. The molecular weight excluding hydrogens is 494 g/mol. The van der Waals surface area contributed by atoms with Crippen molar-refractivity contribution in [2.45, 2.75) is 59.6 Å². The minimum absolute atomic E-state index is 0.0633. The Morgan fingerprint density at radius 1 is 0.872 bits per heavy atom. The second kappa shape index (κ2) is 14.8. The molecule has 0 heterocycles. The third-order valence-electron chi connectivity index (χ3n) is 6.16. The van der Waals surface area contributed by atoms with Gasteiger partial charge in [0.25, 0.3) is 5.91 Å². The van der Waals surface area contributed by atoms with Crippen molar-refractivity contribution < 1.29 is 28.9 Å². The first-order chi connectivity index (χ1) is 18.8. The van der Waals surface area contributed by atoms with Gasteiger partial charge >= 0.3 is 5.97 Å². The number of aryl methyl sites for hydroxylation is 1. The first-order valence-corrected chi connectivity index (χ1v) is 13.5. The quantitative estimate of drug-likeness (QED) is 0.229. The van der Waals surface area contributed by atoms with Crippen LogP contribution in [0.5, 0.6) is 17.2 Å². The highest BCUT2D eigenvalue weighted by molar-refractivity contribution is 5.96. The molecule has 0 saturated heterocycles. The molecule has 39 heavy (non-hydrogen) atoms. The fourth-order valence-corrected chi connectivity index (χ4v) is 4.34. The summed E-state index contributed by atoms with van der Waals surface area (Å²) in [5, 5.41) is 12.5. The number of hydrogen-bond acceptors (Lipinski definition) is 5. The van der Waals surface area contributed by atoms with Gasteiger partial charge in [-0.15, -0.1) is 0 Å². The zero-order valence-electron chi connectivity index (χ0n) is 23.2. The van der Waals surface area contributed by atoms with Crippen LogP contribution in [0, 0.1) is 5.92 Å². The van der Waals surface area contributed by atoms with E-state index in [4.69, 9.17) is 14.2 Å². The van der Waals surface area contributed by atoms with Crippen LogP contribution in [0.25, 0.3) is 0 Å². The summed E-state index contributed by atoms with van der Waals surface area (Å²) in [4.78, 5) is 25.0. The smallest absolute Gasteiger partial charge is 0.303 e. The Kier molecular flexibility index (Phi) is 11.2. The Morgan fingerprint density at radius 2 is 1.59 bits per heavy atom. The highest BCUT2D eigenvalue weighted by Crippen LogP contribution is 2.33. The monoisotopic (exact) mass is 533 g/mol. The Labute approximate surface area is 231 Å². The summed E-state index contributed by atoms with van der Waals surface area (Å²) in [5.74, 6) is 1.19. The maximum atomic E-state index is 13.7. The van der Waals surface area contributed by atoms with Gasteiger partial charge in [0.2, 0.25) is 0 Å². The molecule has 0 aliphatic carbocycles. The fraction of sp³-hybridized carbons (Fsp3) is 0.375. The number of carboxylic acid groups (broad SMARTS) is 1. The Morgan fingerprint density at radius 3 is 2.26 bits per heavy atom. The van der Waals surface area contributed by atoms with Crippen LogP contribution in [-0.2, 0) is 17.8 Å². The minimum atomic E-state index is -0.909. The second-order valence-corrected chi connectivity index (χ2v) is 9.71. The van der Waals surface area contributed by atoms with Crippen LogP contribution in [0.15, 0.2) is 66.7 Å². The lowest BCUT2D eigenvalue weighted by atomic mass is 9.95. The number of ether oxygens (including phenoxy) is 3. The predicted molar refractivity (Wildman–Crippen MR) is 152 cm³/mol. The number of carbonyl (C=O) groups excluding carboxylic acids is 1. The lowest BCUT2D eigenvalue weighted by molar-refractivity contribution is -0.136. The van der Waals surface area contributed by atoms with Gasteiger partial charge in [-0.2, -0.15) is 0 Å². The van der Waals surface area contributed by atoms with Gasteiger partial charge in [-0.25, -0.2) is 0 Å². The second-order valence-electron chi connectivity index (χ2n) is 9.71. The lowest BCUT2D eigenvalue weighted by Crippen LogP contribution is -2.30. The summed E-state index contributed by atoms with van der Waals surface area (Å²) in [6, 6.07) is 20.4. The maximum Gasteiger partial charge on any atom is 0.303 e. The molecular formula is C32H39NO6. The average Bonchev–Trinajstić information content (AvgIpc) is 2.92. The summed E-state index contributed by atoms with van der Waals surface area (Å²) in [6.07, 6.45) is 0.906. The number of rotatable bonds is 15. The zero-order chi connectivity index (χ0) is 28.2. The van der Waals surface area contributed by atoms with Crippen LogP contribution in [0.1, 0.15) is 73.6 Å². The van der Waals surface area contributed by atoms with E-state index >= 15 is 0 Å². The van der Waals surface area contributed by atoms with Gasteiger partial charge in [-0.3, -0.25) is 9.59 Å². The van der Waals surface area contributed by atoms with Crippen molar-refractivity contribution in [1.29, 1.82) is 0 Å². The zero-order valence-corrected chi connectivity index (χ0v) is 23.2. The van der Waals surface area contributed by atoms with Gasteiger partial charge in [-0.1, -0.05) is 50.2 Å². The number of hydrogen-bond donors (Lipinski definition) is 2. The van der Waals surface area contributed by atoms with E-state index in [2.05, 4.69) is 19.2 Å². The molecule has 208 valence electrons. The Balaban J connectivity index is 1.90. The number of carbonyl (C=O) groups is 2. The van der Waals surface area contributed by atoms with Crippen molar-refractivity contribution in [2.24, 2.45) is 5.92 Å². The molecule has 0 aliphatic heterocycles. The molecule has 1 amide bonds. The van der Waals surface area contributed by atoms with Crippen molar-refractivity contribution in [3.05, 3.63) is 89.0 Å². The van der Waals surface area contributed by atoms with E-state index in [1.165, 1.54) is 0 Å². The normalized spacial score (nSPS) is 11.6. The van der Waals surface area contributed by atoms with Crippen molar-refractivity contribution in [3.8, 4) is 17.2 Å². The molecule has 1 atom stereocenters. The maximum absolute atomic E-state index is 13.7. The molecule has 2 N–H and O–H groups in total. The van der Waals surface area contributed by atoms with Gasteiger partial charge in [0.1, 0.15) is 12.4 Å². The topological polar surface area (TPSA) is 94.1 Å². The van der Waals surface area contributed by atoms with Crippen LogP contribution < -0.4 is 19.5 Å². The molecule has 7 heteroatoms. The lowest BCUT2D eigenvalue weighted by Gasteiger charge is -2.23. The van der Waals surface area contributed by atoms with E-state index in [-0.39, 0.29) is 31.4 Å². The summed E-state index contributed by atoms with van der Waals surface area (Å²) < 4.78 is 17.4. The van der Waals surface area contributed by atoms with Crippen LogP contribution >= 0.6 is 0 Å². The molecule has 3 aromatic rings. The molecule has 0 spiro atoms. The minimum Gasteiger partial charge on any atom is -0.490 e. The number of benzene rings is 3. The average molecular weight is 534 g/mol. The number of aliphatic carboxylic acids is 1. The Bertz CT molecular complexity index is 1220. The van der Waals surface area contributed by atoms with Gasteiger partial charge in [0, 0.05) is 12.0 Å². The molecule has 0 aliphatic rings. The van der Waals surface area contributed by atoms with E-state index < -0.39 is 5.97 Å². The fourth-order valence-electron chi connectivity index (χ4n) is 4.34.